The van der Waals surface area contributed by atoms with Gasteiger partial charge >= 0.3 is 0 Å². The van der Waals surface area contributed by atoms with Crippen molar-refractivity contribution < 1.29 is 18.3 Å². The number of aliphatic hydroxyl groups is 1. The quantitative estimate of drug-likeness (QED) is 0.474. The Morgan fingerprint density at radius 2 is 1.69 bits per heavy atom. The fourth-order valence-corrected chi connectivity index (χ4v) is 9.48. The number of nitrogens with zero attached hydrogens (tertiary/aromatic N) is 2. The highest BCUT2D eigenvalue weighted by Crippen LogP contribution is 2.66. The summed E-state index contributed by atoms with van der Waals surface area (Å²) >= 11 is 0. The standard InChI is InChI=1S/C35H46N2O4S/c1-33(2,3)16-17-35(39)15-14-31-29-12-8-25-22-27(38)11-13-28(25)32(29)30(23-34(31,35)4)24-6-9-26(10-7-24)36-18-20-37(21-19-36)42(5,40)41/h6-7,9-10,22,29-31,39H,8,11-15,18-21,23H2,1-5H3/t29-,30+,31?,34-,35+/m0/s1. The van der Waals surface area contributed by atoms with Crippen LogP contribution in [0.4, 0.5) is 5.69 Å². The maximum absolute atomic E-state index is 12.4. The van der Waals surface area contributed by atoms with Gasteiger partial charge in [-0.15, -0.1) is 0 Å². The summed E-state index contributed by atoms with van der Waals surface area (Å²) < 4.78 is 25.5. The Balaban J connectivity index is 1.37. The van der Waals surface area contributed by atoms with Gasteiger partial charge < -0.3 is 10.0 Å². The highest BCUT2D eigenvalue weighted by atomic mass is 32.2. The van der Waals surface area contributed by atoms with Crippen LogP contribution in [0.2, 0.25) is 0 Å². The van der Waals surface area contributed by atoms with E-state index in [1.165, 1.54) is 28.5 Å². The first-order chi connectivity index (χ1) is 19.7. The van der Waals surface area contributed by atoms with Crippen LogP contribution in [0.25, 0.3) is 0 Å². The number of fused-ring (bicyclic) bond motifs is 4. The van der Waals surface area contributed by atoms with Crippen LogP contribution in [0, 0.1) is 34.5 Å². The molecule has 7 heteroatoms. The van der Waals surface area contributed by atoms with Crippen LogP contribution in [0.3, 0.4) is 0 Å². The average Bonchev–Trinajstić information content (AvgIpc) is 3.21. The molecule has 3 fully saturated rings. The molecule has 226 valence electrons. The minimum atomic E-state index is -3.17. The van der Waals surface area contributed by atoms with Crippen LogP contribution in [0.1, 0.15) is 84.1 Å². The van der Waals surface area contributed by atoms with Crippen molar-refractivity contribution in [3.8, 4) is 11.8 Å². The van der Waals surface area contributed by atoms with Crippen LogP contribution in [0.15, 0.2) is 47.1 Å². The minimum Gasteiger partial charge on any atom is -0.377 e. The second kappa shape index (κ2) is 10.4. The van der Waals surface area contributed by atoms with Gasteiger partial charge in [-0.3, -0.25) is 4.79 Å². The SMILES string of the molecule is CC(C)(C)C#C[C@]1(O)CCC2[C@@H]3CCC4=CC(=O)CCC4=C3[C@@H](c3ccc(N4CCN(S(C)(=O)=O)CC4)cc3)C[C@@]21C. The van der Waals surface area contributed by atoms with Crippen molar-refractivity contribution in [2.45, 2.75) is 84.2 Å². The molecule has 0 radical (unpaired) electrons. The Kier molecular flexibility index (Phi) is 7.31. The maximum atomic E-state index is 12.4. The molecule has 1 heterocycles. The Morgan fingerprint density at radius 3 is 2.33 bits per heavy atom. The lowest BCUT2D eigenvalue weighted by Crippen LogP contribution is -2.51. The monoisotopic (exact) mass is 590 g/mol. The van der Waals surface area contributed by atoms with Gasteiger partial charge in [0.2, 0.25) is 10.0 Å². The van der Waals surface area contributed by atoms with E-state index in [1.54, 1.807) is 4.31 Å². The molecular formula is C35H46N2O4S. The van der Waals surface area contributed by atoms with Gasteiger partial charge in [-0.1, -0.05) is 36.5 Å². The highest BCUT2D eigenvalue weighted by molar-refractivity contribution is 7.88. The number of benzene rings is 1. The molecule has 0 aromatic heterocycles. The summed E-state index contributed by atoms with van der Waals surface area (Å²) in [6.45, 7) is 11.0. The lowest BCUT2D eigenvalue weighted by atomic mass is 9.51. The molecule has 1 saturated heterocycles. The molecule has 6 rings (SSSR count). The molecule has 1 unspecified atom stereocenters. The van der Waals surface area contributed by atoms with Crippen molar-refractivity contribution in [2.24, 2.45) is 22.7 Å². The second-order valence-corrected chi connectivity index (χ2v) is 16.6. The van der Waals surface area contributed by atoms with Crippen molar-refractivity contribution in [1.29, 1.82) is 0 Å². The first-order valence-corrected chi connectivity index (χ1v) is 17.6. The molecule has 2 saturated carbocycles. The summed E-state index contributed by atoms with van der Waals surface area (Å²) in [7, 11) is -3.17. The van der Waals surface area contributed by atoms with Crippen LogP contribution >= 0.6 is 0 Å². The summed E-state index contributed by atoms with van der Waals surface area (Å²) in [6, 6.07) is 8.87. The normalized spacial score (nSPS) is 33.8. The first kappa shape index (κ1) is 29.7. The number of sulfonamides is 1. The second-order valence-electron chi connectivity index (χ2n) is 14.6. The van der Waals surface area contributed by atoms with Crippen molar-refractivity contribution in [3.63, 3.8) is 0 Å². The predicted molar refractivity (Wildman–Crippen MR) is 168 cm³/mol. The number of allylic oxidation sites excluding steroid dienone is 4. The molecule has 4 aliphatic carbocycles. The largest absolute Gasteiger partial charge is 0.377 e. The molecule has 0 amide bonds. The first-order valence-electron chi connectivity index (χ1n) is 15.7. The maximum Gasteiger partial charge on any atom is 0.211 e. The van der Waals surface area contributed by atoms with Gasteiger partial charge in [-0.2, -0.15) is 4.31 Å². The minimum absolute atomic E-state index is 0.167. The highest BCUT2D eigenvalue weighted by Gasteiger charge is 2.62. The van der Waals surface area contributed by atoms with Gasteiger partial charge in [-0.05, 0) is 106 Å². The number of hydrogen-bond donors (Lipinski definition) is 1. The van der Waals surface area contributed by atoms with Crippen LogP contribution < -0.4 is 4.90 Å². The van der Waals surface area contributed by atoms with E-state index in [-0.39, 0.29) is 22.5 Å². The fraction of sp³-hybridized carbons (Fsp3) is 0.629. The van der Waals surface area contributed by atoms with Crippen LogP contribution in [-0.4, -0.2) is 61.6 Å². The van der Waals surface area contributed by atoms with E-state index < -0.39 is 15.6 Å². The Labute approximate surface area is 252 Å². The van der Waals surface area contributed by atoms with E-state index in [0.717, 1.165) is 37.8 Å². The van der Waals surface area contributed by atoms with Crippen LogP contribution in [0.5, 0.6) is 0 Å². The van der Waals surface area contributed by atoms with Crippen molar-refractivity contribution in [1.82, 2.24) is 4.31 Å². The van der Waals surface area contributed by atoms with Gasteiger partial charge in [0.1, 0.15) is 5.60 Å². The Bertz CT molecular complexity index is 1500. The molecule has 0 bridgehead atoms. The number of rotatable bonds is 3. The molecule has 1 aromatic rings. The van der Waals surface area contributed by atoms with Crippen molar-refractivity contribution in [3.05, 3.63) is 52.6 Å². The number of ketones is 1. The molecular weight excluding hydrogens is 544 g/mol. The summed E-state index contributed by atoms with van der Waals surface area (Å²) in [5.41, 5.74) is 5.03. The Hall–Kier alpha value is -2.40. The van der Waals surface area contributed by atoms with Gasteiger partial charge in [-0.25, -0.2) is 8.42 Å². The van der Waals surface area contributed by atoms with Gasteiger partial charge in [0.15, 0.2) is 5.78 Å². The average molecular weight is 591 g/mol. The Morgan fingerprint density at radius 1 is 1.00 bits per heavy atom. The van der Waals surface area contributed by atoms with E-state index in [0.29, 0.717) is 50.9 Å². The molecule has 5 aliphatic rings. The predicted octanol–water partition coefficient (Wildman–Crippen LogP) is 5.45. The number of anilines is 1. The van der Waals surface area contributed by atoms with Gasteiger partial charge in [0, 0.05) is 55.0 Å². The molecule has 1 N–H and O–H groups in total. The number of hydrogen-bond acceptors (Lipinski definition) is 5. The van der Waals surface area contributed by atoms with Gasteiger partial charge in [0.25, 0.3) is 0 Å². The number of piperazine rings is 1. The van der Waals surface area contributed by atoms with E-state index in [1.807, 2.05) is 6.08 Å². The molecule has 5 atom stereocenters. The van der Waals surface area contributed by atoms with Crippen LogP contribution in [-0.2, 0) is 14.8 Å². The molecule has 42 heavy (non-hydrogen) atoms. The molecule has 1 aliphatic heterocycles. The number of carbonyl (C=O) groups is 1. The summed E-state index contributed by atoms with van der Waals surface area (Å²) in [4.78, 5) is 14.6. The van der Waals surface area contributed by atoms with Crippen molar-refractivity contribution >= 4 is 21.5 Å². The topological polar surface area (TPSA) is 77.9 Å². The van der Waals surface area contributed by atoms with E-state index in [9.17, 15) is 18.3 Å². The zero-order chi connectivity index (χ0) is 30.1. The van der Waals surface area contributed by atoms with E-state index >= 15 is 0 Å². The third-order valence-electron chi connectivity index (χ3n) is 10.9. The van der Waals surface area contributed by atoms with E-state index in [2.05, 4.69) is 68.7 Å². The van der Waals surface area contributed by atoms with Gasteiger partial charge in [0.05, 0.1) is 6.26 Å². The fourth-order valence-electron chi connectivity index (χ4n) is 8.66. The third-order valence-corrected chi connectivity index (χ3v) is 12.2. The lowest BCUT2D eigenvalue weighted by Gasteiger charge is -2.53. The smallest absolute Gasteiger partial charge is 0.211 e. The van der Waals surface area contributed by atoms with Crippen molar-refractivity contribution in [2.75, 3.05) is 37.3 Å². The van der Waals surface area contributed by atoms with E-state index in [4.69, 9.17) is 0 Å². The summed E-state index contributed by atoms with van der Waals surface area (Å²) in [5, 5.41) is 12.2. The molecule has 0 spiro atoms. The summed E-state index contributed by atoms with van der Waals surface area (Å²) in [6.07, 6.45) is 9.11. The lowest BCUT2D eigenvalue weighted by molar-refractivity contribution is -0.114. The molecule has 6 nitrogen and oxygen atoms in total. The third kappa shape index (κ3) is 5.18. The molecule has 1 aromatic carbocycles. The number of carbonyl (C=O) groups excluding carboxylic acids is 1. The zero-order valence-corrected chi connectivity index (χ0v) is 26.7. The zero-order valence-electron chi connectivity index (χ0n) is 25.9. The summed E-state index contributed by atoms with van der Waals surface area (Å²) in [5.74, 6) is 7.99.